The topological polar surface area (TPSA) is 55.4 Å². The number of nitrogens with one attached hydrogen (secondary N) is 1. The summed E-state index contributed by atoms with van der Waals surface area (Å²) in [6.07, 6.45) is 1.93. The number of thiophene rings is 1. The summed E-state index contributed by atoms with van der Waals surface area (Å²) in [4.78, 5) is 0. The average Bonchev–Trinajstić information content (AvgIpc) is 2.87. The first-order valence-corrected chi connectivity index (χ1v) is 8.94. The van der Waals surface area contributed by atoms with Gasteiger partial charge in [-0.15, -0.1) is 11.3 Å². The first kappa shape index (κ1) is 14.0. The van der Waals surface area contributed by atoms with Gasteiger partial charge in [0.2, 0.25) is 10.0 Å². The molecular formula is C9H11Br2NO3S2. The van der Waals surface area contributed by atoms with Gasteiger partial charge in [0.05, 0.1) is 9.89 Å². The predicted molar refractivity (Wildman–Crippen MR) is 73.9 cm³/mol. The first-order chi connectivity index (χ1) is 7.99. The molecule has 1 fully saturated rings. The Labute approximate surface area is 121 Å². The van der Waals surface area contributed by atoms with Crippen molar-refractivity contribution in [3.63, 3.8) is 0 Å². The van der Waals surface area contributed by atoms with Gasteiger partial charge in [-0.3, -0.25) is 0 Å². The van der Waals surface area contributed by atoms with Crippen molar-refractivity contribution in [2.24, 2.45) is 0 Å². The van der Waals surface area contributed by atoms with Gasteiger partial charge in [0.15, 0.2) is 0 Å². The van der Waals surface area contributed by atoms with Crippen LogP contribution >= 0.6 is 43.2 Å². The van der Waals surface area contributed by atoms with Gasteiger partial charge in [-0.1, -0.05) is 0 Å². The fourth-order valence-electron chi connectivity index (χ4n) is 1.54. The first-order valence-electron chi connectivity index (χ1n) is 5.05. The van der Waals surface area contributed by atoms with Crippen LogP contribution in [0.3, 0.4) is 0 Å². The molecule has 96 valence electrons. The summed E-state index contributed by atoms with van der Waals surface area (Å²) in [6.45, 7) is 1.07. The molecule has 17 heavy (non-hydrogen) atoms. The Morgan fingerprint density at radius 1 is 1.53 bits per heavy atom. The molecule has 1 aliphatic heterocycles. The smallest absolute Gasteiger partial charge is 0.250 e. The summed E-state index contributed by atoms with van der Waals surface area (Å²) in [6, 6.07) is 1.59. The summed E-state index contributed by atoms with van der Waals surface area (Å²) < 4.78 is 33.7. The lowest BCUT2D eigenvalue weighted by molar-refractivity contribution is 0.114. The molecule has 0 spiro atoms. The Morgan fingerprint density at radius 3 is 2.82 bits per heavy atom. The summed E-state index contributed by atoms with van der Waals surface area (Å²) in [5.74, 6) is 0. The second kappa shape index (κ2) is 5.66. The zero-order valence-corrected chi connectivity index (χ0v) is 13.6. The molecule has 0 saturated carbocycles. The highest BCUT2D eigenvalue weighted by Crippen LogP contribution is 2.34. The standard InChI is InChI=1S/C9H11Br2NO3S2/c10-7-4-8(16-9(7)11)17(13,14)12-5-6-2-1-3-15-6/h4,6,12H,1-3,5H2/t6-/m1/s1. The van der Waals surface area contributed by atoms with Gasteiger partial charge in [-0.25, -0.2) is 13.1 Å². The van der Waals surface area contributed by atoms with Crippen LogP contribution in [0.5, 0.6) is 0 Å². The van der Waals surface area contributed by atoms with E-state index in [0.29, 0.717) is 10.8 Å². The van der Waals surface area contributed by atoms with Crippen LogP contribution in [0.2, 0.25) is 0 Å². The van der Waals surface area contributed by atoms with Crippen LogP contribution in [-0.4, -0.2) is 27.7 Å². The normalized spacial score (nSPS) is 20.9. The Bertz CT molecular complexity index is 475. The van der Waals surface area contributed by atoms with Crippen molar-refractivity contribution in [1.82, 2.24) is 4.72 Å². The fourth-order valence-corrected chi connectivity index (χ4v) is 5.47. The Hall–Kier alpha value is 0.530. The molecule has 8 heteroatoms. The predicted octanol–water partition coefficient (Wildman–Crippen LogP) is 2.73. The summed E-state index contributed by atoms with van der Waals surface area (Å²) in [7, 11) is -3.42. The van der Waals surface area contributed by atoms with Crippen LogP contribution in [0.15, 0.2) is 18.5 Å². The molecule has 4 nitrogen and oxygen atoms in total. The molecule has 0 aromatic carbocycles. The minimum atomic E-state index is -3.42. The SMILES string of the molecule is O=S(=O)(NC[C@H]1CCCO1)c1cc(Br)c(Br)s1. The number of hydrogen-bond donors (Lipinski definition) is 1. The van der Waals surface area contributed by atoms with E-state index in [1.165, 1.54) is 11.3 Å². The molecule has 0 amide bonds. The van der Waals surface area contributed by atoms with Crippen molar-refractivity contribution >= 4 is 53.2 Å². The highest BCUT2D eigenvalue weighted by atomic mass is 79.9. The lowest BCUT2D eigenvalue weighted by atomic mass is 10.2. The molecule has 2 rings (SSSR count). The number of ether oxygens (including phenoxy) is 1. The highest BCUT2D eigenvalue weighted by Gasteiger charge is 2.22. The van der Waals surface area contributed by atoms with Crippen LogP contribution in [0.4, 0.5) is 0 Å². The number of halogens is 2. The minimum Gasteiger partial charge on any atom is -0.377 e. The van der Waals surface area contributed by atoms with E-state index in [9.17, 15) is 8.42 Å². The van der Waals surface area contributed by atoms with Gasteiger partial charge in [0, 0.05) is 17.6 Å². The molecule has 1 atom stereocenters. The number of sulfonamides is 1. The summed E-state index contributed by atoms with van der Waals surface area (Å²) in [5, 5.41) is 0. The van der Waals surface area contributed by atoms with Crippen LogP contribution in [0, 0.1) is 0 Å². The fraction of sp³-hybridized carbons (Fsp3) is 0.556. The molecule has 1 aromatic rings. The van der Waals surface area contributed by atoms with Gasteiger partial charge in [0.1, 0.15) is 4.21 Å². The average molecular weight is 405 g/mol. The van der Waals surface area contributed by atoms with Crippen molar-refractivity contribution in [3.8, 4) is 0 Å². The monoisotopic (exact) mass is 403 g/mol. The second-order valence-electron chi connectivity index (χ2n) is 3.67. The lowest BCUT2D eigenvalue weighted by Crippen LogP contribution is -2.31. The van der Waals surface area contributed by atoms with E-state index in [1.807, 2.05) is 0 Å². The maximum Gasteiger partial charge on any atom is 0.250 e. The molecule has 1 aliphatic rings. The Balaban J connectivity index is 2.03. The molecule has 2 heterocycles. The van der Waals surface area contributed by atoms with E-state index >= 15 is 0 Å². The van der Waals surface area contributed by atoms with Gasteiger partial charge >= 0.3 is 0 Å². The largest absolute Gasteiger partial charge is 0.377 e. The molecule has 0 unspecified atom stereocenters. The van der Waals surface area contributed by atoms with Gasteiger partial charge < -0.3 is 4.74 Å². The van der Waals surface area contributed by atoms with E-state index in [1.54, 1.807) is 6.07 Å². The van der Waals surface area contributed by atoms with Crippen molar-refractivity contribution in [2.45, 2.75) is 23.2 Å². The van der Waals surface area contributed by atoms with E-state index < -0.39 is 10.0 Å². The van der Waals surface area contributed by atoms with Gasteiger partial charge in [-0.05, 0) is 50.8 Å². The third-order valence-corrected chi connectivity index (χ3v) is 7.57. The summed E-state index contributed by atoms with van der Waals surface area (Å²) in [5.41, 5.74) is 0. The maximum absolute atomic E-state index is 12.0. The number of hydrogen-bond acceptors (Lipinski definition) is 4. The van der Waals surface area contributed by atoms with Crippen LogP contribution in [-0.2, 0) is 14.8 Å². The molecule has 0 bridgehead atoms. The van der Waals surface area contributed by atoms with Crippen molar-refractivity contribution in [3.05, 3.63) is 14.3 Å². The molecule has 1 N–H and O–H groups in total. The van der Waals surface area contributed by atoms with Gasteiger partial charge in [-0.2, -0.15) is 0 Å². The Kier molecular flexibility index (Phi) is 4.65. The Morgan fingerprint density at radius 2 is 2.29 bits per heavy atom. The van der Waals surface area contributed by atoms with E-state index in [0.717, 1.165) is 27.7 Å². The van der Waals surface area contributed by atoms with Crippen LogP contribution in [0.25, 0.3) is 0 Å². The van der Waals surface area contributed by atoms with E-state index in [4.69, 9.17) is 4.74 Å². The third kappa shape index (κ3) is 3.51. The third-order valence-electron chi connectivity index (χ3n) is 2.41. The van der Waals surface area contributed by atoms with Crippen molar-refractivity contribution in [1.29, 1.82) is 0 Å². The molecular weight excluding hydrogens is 394 g/mol. The maximum atomic E-state index is 12.0. The zero-order chi connectivity index (χ0) is 12.5. The zero-order valence-electron chi connectivity index (χ0n) is 8.78. The number of rotatable bonds is 4. The summed E-state index contributed by atoms with van der Waals surface area (Å²) >= 11 is 7.74. The van der Waals surface area contributed by atoms with Crippen molar-refractivity contribution in [2.75, 3.05) is 13.2 Å². The van der Waals surface area contributed by atoms with E-state index in [-0.39, 0.29) is 6.10 Å². The quantitative estimate of drug-likeness (QED) is 0.839. The molecule has 1 aromatic heterocycles. The second-order valence-corrected chi connectivity index (χ2v) is 8.89. The van der Waals surface area contributed by atoms with Gasteiger partial charge in [0.25, 0.3) is 0 Å². The van der Waals surface area contributed by atoms with Crippen LogP contribution in [0.1, 0.15) is 12.8 Å². The van der Waals surface area contributed by atoms with E-state index in [2.05, 4.69) is 36.6 Å². The molecule has 0 aliphatic carbocycles. The van der Waals surface area contributed by atoms with Crippen molar-refractivity contribution < 1.29 is 13.2 Å². The van der Waals surface area contributed by atoms with Crippen LogP contribution < -0.4 is 4.72 Å². The highest BCUT2D eigenvalue weighted by molar-refractivity contribution is 9.13. The molecule has 0 radical (unpaired) electrons. The lowest BCUT2D eigenvalue weighted by Gasteiger charge is -2.10. The molecule has 1 saturated heterocycles. The minimum absolute atomic E-state index is 0.0108.